The Bertz CT molecular complexity index is 2560. The molecule has 0 bridgehead atoms. The van der Waals surface area contributed by atoms with Crippen LogP contribution in [0.15, 0.2) is 121 Å². The monoisotopic (exact) mass is 577 g/mol. The van der Waals surface area contributed by atoms with Crippen molar-refractivity contribution in [3.63, 3.8) is 0 Å². The summed E-state index contributed by atoms with van der Waals surface area (Å²) in [4.78, 5) is 0. The molecule has 0 radical (unpaired) electrons. The van der Waals surface area contributed by atoms with Gasteiger partial charge in [-0.2, -0.15) is 0 Å². The Morgan fingerprint density at radius 1 is 0.511 bits per heavy atom. The predicted octanol–water partition coefficient (Wildman–Crippen LogP) is 12.5. The highest BCUT2D eigenvalue weighted by atomic mass is 15.0. The number of aryl methyl sites for hydroxylation is 3. The lowest BCUT2D eigenvalue weighted by molar-refractivity contribution is 0.795. The molecule has 1 aromatic heterocycles. The van der Waals surface area contributed by atoms with Crippen LogP contribution in [0, 0.1) is 13.8 Å². The molecule has 45 heavy (non-hydrogen) atoms. The first kappa shape index (κ1) is 26.3. The molecular formula is C44H35N. The quantitative estimate of drug-likeness (QED) is 0.142. The molecule has 9 rings (SSSR count). The van der Waals surface area contributed by atoms with E-state index in [0.29, 0.717) is 0 Å². The number of hydrogen-bond acceptors (Lipinski definition) is 0. The fraction of sp³-hybridized carbons (Fsp3) is 0.136. The molecule has 0 aliphatic carbocycles. The minimum Gasteiger partial charge on any atom is -0.309 e. The van der Waals surface area contributed by atoms with E-state index in [4.69, 9.17) is 0 Å². The van der Waals surface area contributed by atoms with E-state index in [9.17, 15) is 0 Å². The van der Waals surface area contributed by atoms with Crippen LogP contribution in [0.4, 0.5) is 0 Å². The van der Waals surface area contributed by atoms with E-state index in [1.54, 1.807) is 0 Å². The van der Waals surface area contributed by atoms with Crippen LogP contribution in [-0.4, -0.2) is 4.57 Å². The molecule has 0 N–H and O–H groups in total. The van der Waals surface area contributed by atoms with Crippen molar-refractivity contribution in [1.82, 2.24) is 4.57 Å². The van der Waals surface area contributed by atoms with Crippen molar-refractivity contribution in [2.24, 2.45) is 0 Å². The van der Waals surface area contributed by atoms with E-state index in [1.807, 2.05) is 0 Å². The fourth-order valence-electron chi connectivity index (χ4n) is 7.88. The summed E-state index contributed by atoms with van der Waals surface area (Å²) in [5.74, 6) is 0. The highest BCUT2D eigenvalue weighted by molar-refractivity contribution is 6.34. The number of hydrogen-bond donors (Lipinski definition) is 0. The fourth-order valence-corrected chi connectivity index (χ4v) is 7.88. The van der Waals surface area contributed by atoms with Gasteiger partial charge in [-0.1, -0.05) is 104 Å². The Balaban J connectivity index is 1.29. The van der Waals surface area contributed by atoms with E-state index >= 15 is 0 Å². The van der Waals surface area contributed by atoms with Crippen LogP contribution < -0.4 is 0 Å². The molecular weight excluding hydrogens is 542 g/mol. The summed E-state index contributed by atoms with van der Waals surface area (Å²) >= 11 is 0. The van der Waals surface area contributed by atoms with Gasteiger partial charge in [0.15, 0.2) is 0 Å². The molecule has 216 valence electrons. The maximum atomic E-state index is 2.44. The Kier molecular flexibility index (Phi) is 5.80. The van der Waals surface area contributed by atoms with Gasteiger partial charge in [-0.25, -0.2) is 0 Å². The third-order valence-electron chi connectivity index (χ3n) is 10.1. The van der Waals surface area contributed by atoms with Gasteiger partial charge in [-0.05, 0) is 128 Å². The molecule has 0 amide bonds. The van der Waals surface area contributed by atoms with Crippen LogP contribution in [0.25, 0.3) is 81.7 Å². The Morgan fingerprint density at radius 2 is 1.13 bits per heavy atom. The summed E-state index contributed by atoms with van der Waals surface area (Å²) in [6, 6.07) is 46.1. The van der Waals surface area contributed by atoms with Gasteiger partial charge in [0.05, 0.1) is 11.0 Å². The van der Waals surface area contributed by atoms with Crippen LogP contribution in [0.3, 0.4) is 0 Å². The van der Waals surface area contributed by atoms with Gasteiger partial charge in [-0.15, -0.1) is 0 Å². The summed E-state index contributed by atoms with van der Waals surface area (Å²) in [6.45, 7) is 6.67. The van der Waals surface area contributed by atoms with Crippen molar-refractivity contribution in [1.29, 1.82) is 0 Å². The molecule has 0 fully saturated rings. The zero-order chi connectivity index (χ0) is 30.2. The normalized spacial score (nSPS) is 12.2. The topological polar surface area (TPSA) is 4.93 Å². The number of aromatic nitrogens is 1. The first-order chi connectivity index (χ1) is 22.1. The lowest BCUT2D eigenvalue weighted by Gasteiger charge is -2.17. The second-order valence-corrected chi connectivity index (χ2v) is 12.9. The van der Waals surface area contributed by atoms with Crippen molar-refractivity contribution in [3.8, 4) is 16.8 Å². The molecule has 0 aliphatic heterocycles. The van der Waals surface area contributed by atoms with Gasteiger partial charge >= 0.3 is 0 Å². The minimum absolute atomic E-state index is 1.14. The van der Waals surface area contributed by atoms with Crippen molar-refractivity contribution in [3.05, 3.63) is 138 Å². The third kappa shape index (κ3) is 3.87. The van der Waals surface area contributed by atoms with Crippen molar-refractivity contribution >= 4 is 64.9 Å². The summed E-state index contributed by atoms with van der Waals surface area (Å²) < 4.78 is 2.44. The van der Waals surface area contributed by atoms with Crippen LogP contribution in [0.5, 0.6) is 0 Å². The average molecular weight is 578 g/mol. The molecule has 9 aromatic rings. The van der Waals surface area contributed by atoms with E-state index in [2.05, 4.69) is 147 Å². The summed E-state index contributed by atoms with van der Waals surface area (Å²) in [5.41, 5.74) is 10.3. The van der Waals surface area contributed by atoms with Gasteiger partial charge in [0.2, 0.25) is 0 Å². The van der Waals surface area contributed by atoms with Crippen LogP contribution >= 0.6 is 0 Å². The van der Waals surface area contributed by atoms with Crippen LogP contribution in [0.2, 0.25) is 0 Å². The number of rotatable bonds is 5. The van der Waals surface area contributed by atoms with Gasteiger partial charge in [-0.3, -0.25) is 0 Å². The summed E-state index contributed by atoms with van der Waals surface area (Å²) in [7, 11) is 0. The molecule has 1 nitrogen and oxygen atoms in total. The van der Waals surface area contributed by atoms with E-state index in [0.717, 1.165) is 6.42 Å². The first-order valence-corrected chi connectivity index (χ1v) is 16.3. The average Bonchev–Trinajstić information content (AvgIpc) is 3.39. The van der Waals surface area contributed by atoms with Crippen molar-refractivity contribution < 1.29 is 0 Å². The molecule has 8 aromatic carbocycles. The van der Waals surface area contributed by atoms with Crippen molar-refractivity contribution in [2.75, 3.05) is 0 Å². The number of nitrogens with zero attached hydrogens (tertiary/aromatic N) is 1. The number of benzene rings is 8. The second kappa shape index (κ2) is 9.94. The lowest BCUT2D eigenvalue weighted by atomic mass is 9.86. The minimum atomic E-state index is 1.14. The zero-order valence-electron chi connectivity index (χ0n) is 26.1. The maximum absolute atomic E-state index is 2.44. The number of unbranched alkanes of at least 4 members (excludes halogenated alkanes) is 1. The van der Waals surface area contributed by atoms with E-state index in [1.165, 1.54) is 111 Å². The summed E-state index contributed by atoms with van der Waals surface area (Å²) in [5, 5.41) is 13.4. The first-order valence-electron chi connectivity index (χ1n) is 16.3. The Morgan fingerprint density at radius 3 is 1.89 bits per heavy atom. The summed E-state index contributed by atoms with van der Waals surface area (Å²) in [6.07, 6.45) is 3.59. The molecule has 0 spiro atoms. The van der Waals surface area contributed by atoms with Gasteiger partial charge in [0.25, 0.3) is 0 Å². The van der Waals surface area contributed by atoms with E-state index in [-0.39, 0.29) is 0 Å². The highest BCUT2D eigenvalue weighted by Gasteiger charge is 2.18. The Hall–Kier alpha value is -5.14. The third-order valence-corrected chi connectivity index (χ3v) is 10.1. The SMILES string of the molecule is CCCCc1ccc(-n2c3ccc(C)cc3c3cc(-c4ccc5c6cccc7c(C)ccc(c8cccc4c85)c76)ccc32)cc1. The molecule has 0 atom stereocenters. The number of fused-ring (bicyclic) bond motifs is 5. The Labute approximate surface area is 263 Å². The molecule has 0 unspecified atom stereocenters. The molecule has 0 saturated carbocycles. The maximum Gasteiger partial charge on any atom is 0.0541 e. The zero-order valence-corrected chi connectivity index (χ0v) is 26.1. The van der Waals surface area contributed by atoms with E-state index < -0.39 is 0 Å². The lowest BCUT2D eigenvalue weighted by Crippen LogP contribution is -1.95. The highest BCUT2D eigenvalue weighted by Crippen LogP contribution is 2.44. The smallest absolute Gasteiger partial charge is 0.0541 e. The largest absolute Gasteiger partial charge is 0.309 e. The van der Waals surface area contributed by atoms with Gasteiger partial charge in [0, 0.05) is 16.5 Å². The van der Waals surface area contributed by atoms with Gasteiger partial charge < -0.3 is 4.57 Å². The molecule has 1 heterocycles. The molecule has 0 aliphatic rings. The predicted molar refractivity (Wildman–Crippen MR) is 196 cm³/mol. The second-order valence-electron chi connectivity index (χ2n) is 12.9. The van der Waals surface area contributed by atoms with Crippen LogP contribution in [-0.2, 0) is 6.42 Å². The molecule has 1 heteroatoms. The van der Waals surface area contributed by atoms with Crippen LogP contribution in [0.1, 0.15) is 36.5 Å². The molecule has 0 saturated heterocycles. The van der Waals surface area contributed by atoms with Crippen molar-refractivity contribution in [2.45, 2.75) is 40.0 Å². The van der Waals surface area contributed by atoms with Gasteiger partial charge in [0.1, 0.15) is 0 Å². The standard InChI is InChI=1S/C44H35N/c1-4-5-8-29-15-18-31(19-16-29)45-41-23-13-27(2)25-39(41)40-26-30(17-24-42(40)45)33-21-22-38-35-11-6-9-32-28(3)14-20-37(43(32)35)36-12-7-10-34(33)44(36)38/h6-7,9-26H,4-5,8H2,1-3H3.